The molecule has 0 saturated heterocycles. The highest BCUT2D eigenvalue weighted by molar-refractivity contribution is 5.78. The van der Waals surface area contributed by atoms with Gasteiger partial charge in [0.15, 0.2) is 0 Å². The Labute approximate surface area is 97.4 Å². The molecule has 1 unspecified atom stereocenters. The average Bonchev–Trinajstić information content (AvgIpc) is 1.98. The number of amides is 1. The maximum absolute atomic E-state index is 11.6. The van der Waals surface area contributed by atoms with Gasteiger partial charge >= 0.3 is 5.97 Å². The SMILES string of the molecule is CCCC(C)NC(=O)CC(C)(C)CC(=O)O. The third-order valence-electron chi connectivity index (χ3n) is 2.40. The van der Waals surface area contributed by atoms with Crippen LogP contribution in [0.15, 0.2) is 0 Å². The van der Waals surface area contributed by atoms with Gasteiger partial charge in [-0.1, -0.05) is 27.2 Å². The second-order valence-electron chi connectivity index (χ2n) is 5.17. The van der Waals surface area contributed by atoms with Crippen molar-refractivity contribution in [1.29, 1.82) is 0 Å². The van der Waals surface area contributed by atoms with Crippen LogP contribution in [-0.4, -0.2) is 23.0 Å². The van der Waals surface area contributed by atoms with E-state index in [4.69, 9.17) is 5.11 Å². The molecule has 0 aliphatic rings. The van der Waals surface area contributed by atoms with Gasteiger partial charge in [0.25, 0.3) is 0 Å². The fraction of sp³-hybridized carbons (Fsp3) is 0.833. The third-order valence-corrected chi connectivity index (χ3v) is 2.40. The number of hydrogen-bond acceptors (Lipinski definition) is 2. The first-order valence-electron chi connectivity index (χ1n) is 5.78. The van der Waals surface area contributed by atoms with Crippen LogP contribution >= 0.6 is 0 Å². The number of aliphatic carboxylic acids is 1. The van der Waals surface area contributed by atoms with E-state index < -0.39 is 11.4 Å². The number of carboxylic acids is 1. The molecule has 0 bridgehead atoms. The van der Waals surface area contributed by atoms with Gasteiger partial charge in [-0.3, -0.25) is 9.59 Å². The van der Waals surface area contributed by atoms with Gasteiger partial charge in [-0.15, -0.1) is 0 Å². The summed E-state index contributed by atoms with van der Waals surface area (Å²) in [5.74, 6) is -0.924. The fourth-order valence-corrected chi connectivity index (χ4v) is 1.74. The molecule has 0 aliphatic heterocycles. The van der Waals surface area contributed by atoms with Crippen molar-refractivity contribution < 1.29 is 14.7 Å². The Bertz CT molecular complexity index is 249. The van der Waals surface area contributed by atoms with Crippen molar-refractivity contribution in [3.63, 3.8) is 0 Å². The summed E-state index contributed by atoms with van der Waals surface area (Å²) >= 11 is 0. The number of carbonyl (C=O) groups excluding carboxylic acids is 1. The topological polar surface area (TPSA) is 66.4 Å². The molecule has 94 valence electrons. The molecule has 0 radical (unpaired) electrons. The molecule has 16 heavy (non-hydrogen) atoms. The van der Waals surface area contributed by atoms with Crippen LogP contribution < -0.4 is 5.32 Å². The zero-order chi connectivity index (χ0) is 12.8. The fourth-order valence-electron chi connectivity index (χ4n) is 1.74. The maximum Gasteiger partial charge on any atom is 0.303 e. The lowest BCUT2D eigenvalue weighted by atomic mass is 9.85. The van der Waals surface area contributed by atoms with Gasteiger partial charge in [-0.2, -0.15) is 0 Å². The zero-order valence-electron chi connectivity index (χ0n) is 10.7. The highest BCUT2D eigenvalue weighted by Gasteiger charge is 2.25. The van der Waals surface area contributed by atoms with Gasteiger partial charge in [0.1, 0.15) is 0 Å². The first-order valence-corrected chi connectivity index (χ1v) is 5.78. The van der Waals surface area contributed by atoms with E-state index in [0.29, 0.717) is 0 Å². The predicted octanol–water partition coefficient (Wildman–Crippen LogP) is 2.18. The normalized spacial score (nSPS) is 13.2. The van der Waals surface area contributed by atoms with Crippen molar-refractivity contribution in [1.82, 2.24) is 5.32 Å². The number of carboxylic acid groups (broad SMARTS) is 1. The van der Waals surface area contributed by atoms with E-state index >= 15 is 0 Å². The molecule has 0 fully saturated rings. The Kier molecular flexibility index (Phi) is 6.08. The zero-order valence-corrected chi connectivity index (χ0v) is 10.7. The van der Waals surface area contributed by atoms with Gasteiger partial charge in [-0.05, 0) is 18.8 Å². The Balaban J connectivity index is 4.07. The van der Waals surface area contributed by atoms with E-state index in [1.54, 1.807) is 13.8 Å². The van der Waals surface area contributed by atoms with E-state index in [-0.39, 0.29) is 24.8 Å². The molecule has 0 aromatic heterocycles. The van der Waals surface area contributed by atoms with Gasteiger partial charge in [0, 0.05) is 12.5 Å². The summed E-state index contributed by atoms with van der Waals surface area (Å²) in [5, 5.41) is 11.6. The van der Waals surface area contributed by atoms with Crippen molar-refractivity contribution in [3.8, 4) is 0 Å². The first-order chi connectivity index (χ1) is 7.26. The molecular formula is C12H23NO3. The third kappa shape index (κ3) is 7.26. The summed E-state index contributed by atoms with van der Waals surface area (Å²) < 4.78 is 0. The largest absolute Gasteiger partial charge is 0.481 e. The number of hydrogen-bond donors (Lipinski definition) is 2. The van der Waals surface area contributed by atoms with Crippen LogP contribution in [-0.2, 0) is 9.59 Å². The van der Waals surface area contributed by atoms with E-state index in [1.165, 1.54) is 0 Å². The Hall–Kier alpha value is -1.06. The molecule has 1 amide bonds. The van der Waals surface area contributed by atoms with E-state index in [0.717, 1.165) is 12.8 Å². The average molecular weight is 229 g/mol. The van der Waals surface area contributed by atoms with E-state index in [9.17, 15) is 9.59 Å². The minimum absolute atomic E-state index is 0.0164. The lowest BCUT2D eigenvalue weighted by Gasteiger charge is -2.23. The van der Waals surface area contributed by atoms with Crippen LogP contribution in [0.2, 0.25) is 0 Å². The Morgan fingerprint density at radius 2 is 1.88 bits per heavy atom. The predicted molar refractivity (Wildman–Crippen MR) is 63.2 cm³/mol. The number of rotatable bonds is 7. The van der Waals surface area contributed by atoms with E-state index in [1.807, 2.05) is 6.92 Å². The highest BCUT2D eigenvalue weighted by atomic mass is 16.4. The van der Waals surface area contributed by atoms with Crippen molar-refractivity contribution in [2.75, 3.05) is 0 Å². The molecule has 1 atom stereocenters. The molecule has 4 heteroatoms. The summed E-state index contributed by atoms with van der Waals surface area (Å²) in [5.41, 5.74) is -0.484. The summed E-state index contributed by atoms with van der Waals surface area (Å²) in [6.07, 6.45) is 2.25. The Morgan fingerprint density at radius 3 is 2.31 bits per heavy atom. The monoisotopic (exact) mass is 229 g/mol. The molecule has 0 rings (SSSR count). The molecule has 0 spiro atoms. The van der Waals surface area contributed by atoms with E-state index in [2.05, 4.69) is 12.2 Å². The summed E-state index contributed by atoms with van der Waals surface area (Å²) in [6, 6.07) is 0.165. The summed E-state index contributed by atoms with van der Waals surface area (Å²) in [7, 11) is 0. The van der Waals surface area contributed by atoms with Crippen LogP contribution in [0, 0.1) is 5.41 Å². The standard InChI is InChI=1S/C12H23NO3/c1-5-6-9(2)13-10(14)7-12(3,4)8-11(15)16/h9H,5-8H2,1-4H3,(H,13,14)(H,15,16). The number of carbonyl (C=O) groups is 2. The van der Waals surface area contributed by atoms with Crippen LogP contribution in [0.25, 0.3) is 0 Å². The Morgan fingerprint density at radius 1 is 1.31 bits per heavy atom. The smallest absolute Gasteiger partial charge is 0.303 e. The first kappa shape index (κ1) is 14.9. The molecule has 2 N–H and O–H groups in total. The molecule has 0 aromatic rings. The van der Waals surface area contributed by atoms with Gasteiger partial charge in [0.2, 0.25) is 5.91 Å². The van der Waals surface area contributed by atoms with Crippen LogP contribution in [0.3, 0.4) is 0 Å². The second-order valence-corrected chi connectivity index (χ2v) is 5.17. The van der Waals surface area contributed by atoms with Crippen LogP contribution in [0.1, 0.15) is 53.4 Å². The van der Waals surface area contributed by atoms with Crippen molar-refractivity contribution in [2.45, 2.75) is 59.4 Å². The van der Waals surface area contributed by atoms with Crippen molar-refractivity contribution in [3.05, 3.63) is 0 Å². The molecule has 0 aliphatic carbocycles. The lowest BCUT2D eigenvalue weighted by molar-refractivity contribution is -0.139. The number of nitrogens with one attached hydrogen (secondary N) is 1. The molecule has 0 saturated carbocycles. The van der Waals surface area contributed by atoms with Crippen LogP contribution in [0.5, 0.6) is 0 Å². The second kappa shape index (κ2) is 6.51. The lowest BCUT2D eigenvalue weighted by Crippen LogP contribution is -2.35. The minimum Gasteiger partial charge on any atom is -0.481 e. The van der Waals surface area contributed by atoms with Gasteiger partial charge in [0.05, 0.1) is 6.42 Å². The van der Waals surface area contributed by atoms with Crippen LogP contribution in [0.4, 0.5) is 0 Å². The minimum atomic E-state index is -0.862. The quantitative estimate of drug-likeness (QED) is 0.703. The van der Waals surface area contributed by atoms with Gasteiger partial charge in [-0.25, -0.2) is 0 Å². The molecule has 0 heterocycles. The highest BCUT2D eigenvalue weighted by Crippen LogP contribution is 2.24. The summed E-state index contributed by atoms with van der Waals surface area (Å²) in [4.78, 5) is 22.2. The van der Waals surface area contributed by atoms with Crippen molar-refractivity contribution >= 4 is 11.9 Å². The van der Waals surface area contributed by atoms with Gasteiger partial charge < -0.3 is 10.4 Å². The maximum atomic E-state index is 11.6. The summed E-state index contributed by atoms with van der Waals surface area (Å²) in [6.45, 7) is 7.62. The van der Waals surface area contributed by atoms with Crippen molar-refractivity contribution in [2.24, 2.45) is 5.41 Å². The molecule has 0 aromatic carbocycles. The molecule has 4 nitrogen and oxygen atoms in total. The molecular weight excluding hydrogens is 206 g/mol.